The van der Waals surface area contributed by atoms with E-state index in [1.54, 1.807) is 0 Å². The molecular formula is C17H27LiN. The van der Waals surface area contributed by atoms with Gasteiger partial charge in [-0.1, -0.05) is 58.0 Å². The Morgan fingerprint density at radius 2 is 1.63 bits per heavy atom. The molecule has 1 N–H and O–H groups in total. The van der Waals surface area contributed by atoms with Crippen molar-refractivity contribution in [2.45, 2.75) is 46.0 Å². The van der Waals surface area contributed by atoms with E-state index in [1.807, 2.05) is 6.08 Å². The van der Waals surface area contributed by atoms with E-state index >= 15 is 0 Å². The van der Waals surface area contributed by atoms with Gasteiger partial charge in [-0.25, -0.2) is 0 Å². The quantitative estimate of drug-likeness (QED) is 0.581. The molecule has 0 bridgehead atoms. The van der Waals surface area contributed by atoms with Crippen LogP contribution in [-0.4, -0.2) is 25.4 Å². The molecule has 0 aliphatic heterocycles. The van der Waals surface area contributed by atoms with Crippen LogP contribution in [0.15, 0.2) is 30.4 Å². The Bertz CT molecular complexity index is 368. The normalized spacial score (nSPS) is 11.1. The summed E-state index contributed by atoms with van der Waals surface area (Å²) in [4.78, 5) is 0. The molecule has 0 aliphatic carbocycles. The molecule has 1 aromatic carbocycles. The van der Waals surface area contributed by atoms with Crippen LogP contribution in [-0.2, 0) is 0 Å². The maximum absolute atomic E-state index is 3.71. The minimum atomic E-state index is 0. The molecule has 1 nitrogen and oxygen atoms in total. The molecule has 0 heterocycles. The second kappa shape index (κ2) is 9.29. The van der Waals surface area contributed by atoms with Gasteiger partial charge in [-0.3, -0.25) is 0 Å². The maximum atomic E-state index is 3.71. The van der Waals surface area contributed by atoms with Gasteiger partial charge in [0.15, 0.2) is 0 Å². The average Bonchev–Trinajstić information content (AvgIpc) is 2.34. The number of allylic oxidation sites excluding steroid dienone is 1. The molecule has 0 aromatic heterocycles. The molecule has 0 saturated carbocycles. The number of hydrogen-bond donors (Lipinski definition) is 1. The Labute approximate surface area is 131 Å². The Kier molecular flexibility index (Phi) is 8.98. The van der Waals surface area contributed by atoms with Gasteiger partial charge in [0.05, 0.1) is 0 Å². The fourth-order valence-corrected chi connectivity index (χ4v) is 2.15. The summed E-state index contributed by atoms with van der Waals surface area (Å²) in [6.07, 6.45) is 4.98. The van der Waals surface area contributed by atoms with Gasteiger partial charge in [0.2, 0.25) is 0 Å². The Balaban J connectivity index is 0.00000324. The van der Waals surface area contributed by atoms with Crippen LogP contribution in [0.3, 0.4) is 0 Å². The van der Waals surface area contributed by atoms with Crippen molar-refractivity contribution < 1.29 is 0 Å². The van der Waals surface area contributed by atoms with Gasteiger partial charge in [-0.2, -0.15) is 0 Å². The third-order valence-corrected chi connectivity index (χ3v) is 3.15. The fraction of sp³-hybridized carbons (Fsp3) is 0.471. The van der Waals surface area contributed by atoms with E-state index in [0.717, 1.165) is 13.0 Å². The standard InChI is InChI=1S/C17H26N.Li.H/c1-6-7-8-12-18-17-15(13(2)3)10-9-11-16(17)14(4)5;;/h6-7,9-11,13-14,18H,1,8,12H2,2-5H3;;. The topological polar surface area (TPSA) is 12.0 Å². The van der Waals surface area contributed by atoms with E-state index in [-0.39, 0.29) is 18.9 Å². The minimum absolute atomic E-state index is 0. The number of benzene rings is 1. The number of hydrogen-bond acceptors (Lipinski definition) is 1. The van der Waals surface area contributed by atoms with Crippen molar-refractivity contribution in [2.24, 2.45) is 0 Å². The monoisotopic (exact) mass is 252 g/mol. The molecule has 101 valence electrons. The summed E-state index contributed by atoms with van der Waals surface area (Å²) in [7, 11) is 0. The summed E-state index contributed by atoms with van der Waals surface area (Å²) < 4.78 is 0. The van der Waals surface area contributed by atoms with Crippen LogP contribution in [0.4, 0.5) is 5.69 Å². The van der Waals surface area contributed by atoms with Gasteiger partial charge in [-0.05, 0) is 36.3 Å². The molecule has 0 atom stereocenters. The van der Waals surface area contributed by atoms with Crippen LogP contribution in [0.2, 0.25) is 0 Å². The van der Waals surface area contributed by atoms with Gasteiger partial charge in [0.25, 0.3) is 0 Å². The summed E-state index contributed by atoms with van der Waals surface area (Å²) in [5.74, 6) is 1.10. The molecule has 19 heavy (non-hydrogen) atoms. The van der Waals surface area contributed by atoms with Gasteiger partial charge >= 0.3 is 18.9 Å². The third-order valence-electron chi connectivity index (χ3n) is 3.15. The first-order valence-corrected chi connectivity index (χ1v) is 6.88. The summed E-state index contributed by atoms with van der Waals surface area (Å²) in [6.45, 7) is 13.7. The number of rotatable bonds is 6. The van der Waals surface area contributed by atoms with E-state index in [9.17, 15) is 0 Å². The second-order valence-electron chi connectivity index (χ2n) is 5.31. The molecule has 0 saturated heterocycles. The molecule has 0 spiro atoms. The zero-order valence-electron chi connectivity index (χ0n) is 12.2. The SMILES string of the molecule is [CH2]C=CCCNc1c(C(C)C)cccc1C(C)C.[LiH]. The summed E-state index contributed by atoms with van der Waals surface area (Å²) in [5, 5.41) is 3.60. The van der Waals surface area contributed by atoms with Crippen molar-refractivity contribution in [1.82, 2.24) is 0 Å². The Morgan fingerprint density at radius 3 is 2.05 bits per heavy atom. The predicted molar refractivity (Wildman–Crippen MR) is 89.4 cm³/mol. The summed E-state index contributed by atoms with van der Waals surface area (Å²) >= 11 is 0. The van der Waals surface area contributed by atoms with Gasteiger partial charge in [-0.15, -0.1) is 0 Å². The number of para-hydroxylation sites is 1. The number of anilines is 1. The van der Waals surface area contributed by atoms with Gasteiger partial charge in [0, 0.05) is 12.2 Å². The summed E-state index contributed by atoms with van der Waals surface area (Å²) in [6, 6.07) is 6.64. The molecule has 1 aromatic rings. The molecule has 0 aliphatic rings. The predicted octanol–water partition coefficient (Wildman–Crippen LogP) is 4.48. The van der Waals surface area contributed by atoms with Crippen LogP contribution in [0.25, 0.3) is 0 Å². The van der Waals surface area contributed by atoms with Crippen LogP contribution in [0.1, 0.15) is 57.1 Å². The Hall–Kier alpha value is -0.643. The van der Waals surface area contributed by atoms with Gasteiger partial charge in [0.1, 0.15) is 0 Å². The summed E-state index contributed by atoms with van der Waals surface area (Å²) in [5.41, 5.74) is 4.17. The van der Waals surface area contributed by atoms with Crippen molar-refractivity contribution >= 4 is 24.5 Å². The molecule has 1 rings (SSSR count). The zero-order chi connectivity index (χ0) is 13.5. The molecule has 0 fully saturated rings. The van der Waals surface area contributed by atoms with Gasteiger partial charge < -0.3 is 5.32 Å². The van der Waals surface area contributed by atoms with E-state index in [1.165, 1.54) is 16.8 Å². The molecule has 0 amide bonds. The average molecular weight is 252 g/mol. The van der Waals surface area contributed by atoms with Crippen LogP contribution in [0, 0.1) is 6.92 Å². The molecule has 2 heteroatoms. The number of nitrogens with one attached hydrogen (secondary N) is 1. The molecule has 0 unspecified atom stereocenters. The van der Waals surface area contributed by atoms with Crippen molar-refractivity contribution in [3.8, 4) is 0 Å². The van der Waals surface area contributed by atoms with Crippen molar-refractivity contribution in [3.05, 3.63) is 48.4 Å². The first kappa shape index (κ1) is 18.4. The van der Waals surface area contributed by atoms with E-state index < -0.39 is 0 Å². The van der Waals surface area contributed by atoms with Crippen molar-refractivity contribution in [1.29, 1.82) is 0 Å². The second-order valence-corrected chi connectivity index (χ2v) is 5.31. The van der Waals surface area contributed by atoms with Crippen molar-refractivity contribution in [3.63, 3.8) is 0 Å². The molecule has 1 radical (unpaired) electrons. The zero-order valence-corrected chi connectivity index (χ0v) is 12.2. The van der Waals surface area contributed by atoms with Crippen LogP contribution < -0.4 is 5.32 Å². The first-order valence-electron chi connectivity index (χ1n) is 6.88. The Morgan fingerprint density at radius 1 is 1.11 bits per heavy atom. The van der Waals surface area contributed by atoms with E-state index in [4.69, 9.17) is 0 Å². The van der Waals surface area contributed by atoms with Crippen LogP contribution >= 0.6 is 0 Å². The molecular weight excluding hydrogens is 225 g/mol. The first-order chi connectivity index (χ1) is 8.57. The fourth-order valence-electron chi connectivity index (χ4n) is 2.15. The van der Waals surface area contributed by atoms with E-state index in [0.29, 0.717) is 11.8 Å². The van der Waals surface area contributed by atoms with Crippen LogP contribution in [0.5, 0.6) is 0 Å². The van der Waals surface area contributed by atoms with E-state index in [2.05, 4.69) is 64.2 Å². The third kappa shape index (κ3) is 5.47. The van der Waals surface area contributed by atoms with Crippen molar-refractivity contribution in [2.75, 3.05) is 11.9 Å².